The number of nitrogens with one attached hydrogen (secondary N) is 1. The first-order valence-electron chi connectivity index (χ1n) is 8.51. The monoisotopic (exact) mass is 345 g/mol. The van der Waals surface area contributed by atoms with Crippen LogP contribution in [0.3, 0.4) is 0 Å². The minimum Gasteiger partial charge on any atom is -0.348 e. The molecule has 1 heterocycles. The summed E-state index contributed by atoms with van der Waals surface area (Å²) in [5, 5.41) is 2.85. The molecular formula is C18H23N3O4. The summed E-state index contributed by atoms with van der Waals surface area (Å²) < 4.78 is 0. The second kappa shape index (κ2) is 8.41. The van der Waals surface area contributed by atoms with E-state index in [4.69, 9.17) is 0 Å². The highest BCUT2D eigenvalue weighted by atomic mass is 16.2. The van der Waals surface area contributed by atoms with Crippen molar-refractivity contribution in [3.8, 4) is 0 Å². The lowest BCUT2D eigenvalue weighted by molar-refractivity contribution is -0.144. The van der Waals surface area contributed by atoms with Gasteiger partial charge < -0.3 is 5.32 Å². The van der Waals surface area contributed by atoms with Crippen molar-refractivity contribution >= 4 is 23.8 Å². The Labute approximate surface area is 147 Å². The van der Waals surface area contributed by atoms with Crippen LogP contribution in [0.2, 0.25) is 0 Å². The van der Waals surface area contributed by atoms with Crippen molar-refractivity contribution in [2.45, 2.75) is 39.2 Å². The zero-order valence-corrected chi connectivity index (χ0v) is 14.5. The Morgan fingerprint density at radius 2 is 1.64 bits per heavy atom. The minimum atomic E-state index is -0.944. The van der Waals surface area contributed by atoms with Crippen molar-refractivity contribution in [2.24, 2.45) is 0 Å². The van der Waals surface area contributed by atoms with Gasteiger partial charge in [-0.15, -0.1) is 0 Å². The first-order chi connectivity index (χ1) is 12.0. The molecule has 1 aliphatic heterocycles. The van der Waals surface area contributed by atoms with Gasteiger partial charge in [-0.05, 0) is 18.4 Å². The number of imide groups is 2. The van der Waals surface area contributed by atoms with Crippen molar-refractivity contribution in [1.82, 2.24) is 15.1 Å². The molecule has 2 rings (SSSR count). The maximum Gasteiger partial charge on any atom is 0.334 e. The van der Waals surface area contributed by atoms with Gasteiger partial charge >= 0.3 is 17.8 Å². The predicted molar refractivity (Wildman–Crippen MR) is 91.3 cm³/mol. The average Bonchev–Trinajstić information content (AvgIpc) is 2.80. The summed E-state index contributed by atoms with van der Waals surface area (Å²) in [6.07, 6.45) is 2.15. The van der Waals surface area contributed by atoms with Gasteiger partial charge in [0.25, 0.3) is 0 Å². The molecule has 1 aromatic carbocycles. The van der Waals surface area contributed by atoms with Crippen LogP contribution in [-0.2, 0) is 14.4 Å². The van der Waals surface area contributed by atoms with Crippen molar-refractivity contribution in [3.05, 3.63) is 35.9 Å². The van der Waals surface area contributed by atoms with E-state index < -0.39 is 30.3 Å². The topological polar surface area (TPSA) is 86.8 Å². The molecule has 0 aliphatic carbocycles. The third-order valence-electron chi connectivity index (χ3n) is 4.00. The maximum atomic E-state index is 12.3. The van der Waals surface area contributed by atoms with Crippen molar-refractivity contribution in [3.63, 3.8) is 0 Å². The Kier molecular flexibility index (Phi) is 6.27. The second-order valence-electron chi connectivity index (χ2n) is 5.95. The lowest BCUT2D eigenvalue weighted by Crippen LogP contribution is -2.42. The summed E-state index contributed by atoms with van der Waals surface area (Å²) in [7, 11) is 0. The van der Waals surface area contributed by atoms with E-state index in [0.717, 1.165) is 23.3 Å². The van der Waals surface area contributed by atoms with Crippen LogP contribution in [0.4, 0.5) is 4.79 Å². The van der Waals surface area contributed by atoms with Gasteiger partial charge in [-0.1, -0.05) is 50.6 Å². The van der Waals surface area contributed by atoms with Gasteiger partial charge in [0.05, 0.1) is 6.04 Å². The number of nitrogens with zero attached hydrogens (tertiary/aromatic N) is 2. The summed E-state index contributed by atoms with van der Waals surface area (Å²) in [5.74, 6) is -2.27. The number of amides is 5. The van der Waals surface area contributed by atoms with Crippen LogP contribution in [0.15, 0.2) is 30.3 Å². The zero-order valence-electron chi connectivity index (χ0n) is 14.5. The molecule has 0 spiro atoms. The fourth-order valence-corrected chi connectivity index (χ4v) is 2.79. The van der Waals surface area contributed by atoms with E-state index in [1.54, 1.807) is 6.92 Å². The molecule has 5 amide bonds. The van der Waals surface area contributed by atoms with Gasteiger partial charge in [0.15, 0.2) is 0 Å². The van der Waals surface area contributed by atoms with Crippen LogP contribution in [0.5, 0.6) is 0 Å². The summed E-state index contributed by atoms with van der Waals surface area (Å²) in [6.45, 7) is 3.53. The molecule has 0 bridgehead atoms. The summed E-state index contributed by atoms with van der Waals surface area (Å²) in [6, 6.07) is 8.58. The molecule has 1 saturated heterocycles. The van der Waals surface area contributed by atoms with E-state index in [0.29, 0.717) is 11.3 Å². The smallest absolute Gasteiger partial charge is 0.334 e. The molecule has 1 aromatic rings. The van der Waals surface area contributed by atoms with E-state index in [-0.39, 0.29) is 12.6 Å². The number of benzene rings is 1. The number of hydrogen-bond acceptors (Lipinski definition) is 4. The van der Waals surface area contributed by atoms with Gasteiger partial charge in [0.2, 0.25) is 5.91 Å². The molecule has 1 fully saturated rings. The predicted octanol–water partition coefficient (Wildman–Crippen LogP) is 1.84. The van der Waals surface area contributed by atoms with Gasteiger partial charge in [0, 0.05) is 6.54 Å². The van der Waals surface area contributed by atoms with E-state index in [1.807, 2.05) is 37.3 Å². The molecule has 0 unspecified atom stereocenters. The highest BCUT2D eigenvalue weighted by Crippen LogP contribution is 2.18. The fraction of sp³-hybridized carbons (Fsp3) is 0.444. The lowest BCUT2D eigenvalue weighted by Gasteiger charge is -2.20. The molecule has 7 heteroatoms. The fourth-order valence-electron chi connectivity index (χ4n) is 2.79. The third-order valence-corrected chi connectivity index (χ3v) is 4.00. The number of carbonyl (C=O) groups excluding carboxylic acids is 4. The van der Waals surface area contributed by atoms with E-state index in [9.17, 15) is 19.2 Å². The van der Waals surface area contributed by atoms with Gasteiger partial charge in [0.1, 0.15) is 6.54 Å². The molecule has 0 aromatic heterocycles. The molecule has 1 atom stereocenters. The van der Waals surface area contributed by atoms with Crippen LogP contribution in [0.25, 0.3) is 0 Å². The normalized spacial score (nSPS) is 15.7. The van der Waals surface area contributed by atoms with Crippen LogP contribution in [0, 0.1) is 0 Å². The van der Waals surface area contributed by atoms with Crippen LogP contribution in [0.1, 0.15) is 44.7 Å². The zero-order chi connectivity index (χ0) is 18.4. The molecular weight excluding hydrogens is 322 g/mol. The first-order valence-corrected chi connectivity index (χ1v) is 8.51. The number of carbonyl (C=O) groups is 4. The average molecular weight is 345 g/mol. The minimum absolute atomic E-state index is 0.171. The summed E-state index contributed by atoms with van der Waals surface area (Å²) >= 11 is 0. The Bertz CT molecular complexity index is 660. The standard InChI is InChI=1S/C18H23N3O4/c1-3-8-14(13-9-6-5-7-10-13)19-15(22)12-21-17(24)16(23)20(11-4-2)18(21)25/h5-7,9-10,14H,3-4,8,11-12H2,1-2H3,(H,19,22)/t14-/m0/s1. The third kappa shape index (κ3) is 4.23. The van der Waals surface area contributed by atoms with Gasteiger partial charge in [-0.2, -0.15) is 0 Å². The first kappa shape index (κ1) is 18.6. The highest BCUT2D eigenvalue weighted by molar-refractivity contribution is 6.45. The van der Waals surface area contributed by atoms with Crippen molar-refractivity contribution in [1.29, 1.82) is 0 Å². The highest BCUT2D eigenvalue weighted by Gasteiger charge is 2.44. The van der Waals surface area contributed by atoms with Gasteiger partial charge in [-0.3, -0.25) is 19.3 Å². The van der Waals surface area contributed by atoms with Gasteiger partial charge in [-0.25, -0.2) is 9.69 Å². The van der Waals surface area contributed by atoms with E-state index in [2.05, 4.69) is 5.32 Å². The van der Waals surface area contributed by atoms with E-state index in [1.165, 1.54) is 0 Å². The van der Waals surface area contributed by atoms with E-state index >= 15 is 0 Å². The SMILES string of the molecule is CCC[C@H](NC(=O)CN1C(=O)C(=O)N(CCC)C1=O)c1ccccc1. The summed E-state index contributed by atoms with van der Waals surface area (Å²) in [4.78, 5) is 49.9. The molecule has 0 radical (unpaired) electrons. The Morgan fingerprint density at radius 1 is 1.00 bits per heavy atom. The number of urea groups is 1. The Hall–Kier alpha value is -2.70. The molecule has 1 N–H and O–H groups in total. The number of rotatable bonds is 8. The molecule has 25 heavy (non-hydrogen) atoms. The summed E-state index contributed by atoms with van der Waals surface area (Å²) in [5.41, 5.74) is 0.959. The lowest BCUT2D eigenvalue weighted by atomic mass is 10.0. The molecule has 1 aliphatic rings. The molecule has 7 nitrogen and oxygen atoms in total. The quantitative estimate of drug-likeness (QED) is 0.575. The Morgan fingerprint density at radius 3 is 2.24 bits per heavy atom. The Balaban J connectivity index is 2.04. The van der Waals surface area contributed by atoms with Crippen LogP contribution >= 0.6 is 0 Å². The molecule has 0 saturated carbocycles. The largest absolute Gasteiger partial charge is 0.348 e. The van der Waals surface area contributed by atoms with Crippen LogP contribution < -0.4 is 5.32 Å². The maximum absolute atomic E-state index is 12.3. The van der Waals surface area contributed by atoms with Crippen molar-refractivity contribution in [2.75, 3.05) is 13.1 Å². The van der Waals surface area contributed by atoms with Crippen LogP contribution in [-0.4, -0.2) is 46.6 Å². The van der Waals surface area contributed by atoms with Crippen molar-refractivity contribution < 1.29 is 19.2 Å². The second-order valence-corrected chi connectivity index (χ2v) is 5.95. The molecule has 134 valence electrons. The number of hydrogen-bond donors (Lipinski definition) is 1.